The van der Waals surface area contributed by atoms with Crippen LogP contribution in [0, 0.1) is 17.2 Å². The molecule has 1 aromatic heterocycles. The summed E-state index contributed by atoms with van der Waals surface area (Å²) in [4.78, 5) is 4.35. The molecule has 0 aliphatic heterocycles. The van der Waals surface area contributed by atoms with Gasteiger partial charge in [0.05, 0.1) is 11.3 Å². The van der Waals surface area contributed by atoms with E-state index in [1.807, 2.05) is 12.1 Å². The van der Waals surface area contributed by atoms with Gasteiger partial charge in [-0.05, 0) is 42.4 Å². The van der Waals surface area contributed by atoms with Gasteiger partial charge in [-0.1, -0.05) is 44.0 Å². The number of aromatic nitrogens is 1. The maximum absolute atomic E-state index is 8.81. The lowest BCUT2D eigenvalue weighted by Crippen LogP contribution is -2.10. The van der Waals surface area contributed by atoms with Gasteiger partial charge in [0.2, 0.25) is 0 Å². The Kier molecular flexibility index (Phi) is 4.01. The minimum atomic E-state index is 0.603. The first-order valence-corrected chi connectivity index (χ1v) is 7.73. The molecule has 2 aromatic rings. The lowest BCUT2D eigenvalue weighted by atomic mass is 9.79. The van der Waals surface area contributed by atoms with Crippen molar-refractivity contribution in [2.75, 3.05) is 0 Å². The second kappa shape index (κ2) is 6.10. The molecule has 1 aromatic carbocycles. The van der Waals surface area contributed by atoms with Crippen molar-refractivity contribution in [3.63, 3.8) is 0 Å². The Bertz CT molecular complexity index is 627. The van der Waals surface area contributed by atoms with E-state index in [2.05, 4.69) is 42.2 Å². The molecule has 1 heterocycles. The van der Waals surface area contributed by atoms with Crippen molar-refractivity contribution >= 4 is 0 Å². The molecular formula is C19H20N2. The van der Waals surface area contributed by atoms with Gasteiger partial charge in [-0.15, -0.1) is 0 Å². The summed E-state index contributed by atoms with van der Waals surface area (Å²) in [7, 11) is 0. The van der Waals surface area contributed by atoms with Crippen LogP contribution in [-0.2, 0) is 0 Å². The van der Waals surface area contributed by atoms with Crippen molar-refractivity contribution in [2.45, 2.75) is 38.5 Å². The Balaban J connectivity index is 1.75. The SMILES string of the molecule is CC1CCC(c2ccc(-c3ccc(C#N)cn3)cc2)CC1. The minimum Gasteiger partial charge on any atom is -0.255 e. The Morgan fingerprint density at radius 3 is 2.29 bits per heavy atom. The van der Waals surface area contributed by atoms with E-state index in [-0.39, 0.29) is 0 Å². The third-order valence-corrected chi connectivity index (χ3v) is 4.59. The van der Waals surface area contributed by atoms with Crippen LogP contribution in [0.5, 0.6) is 0 Å². The van der Waals surface area contributed by atoms with Gasteiger partial charge in [0.15, 0.2) is 0 Å². The molecule has 0 spiro atoms. The smallest absolute Gasteiger partial charge is 0.101 e. The van der Waals surface area contributed by atoms with Crippen LogP contribution in [0.15, 0.2) is 42.6 Å². The zero-order valence-electron chi connectivity index (χ0n) is 12.4. The van der Waals surface area contributed by atoms with E-state index in [9.17, 15) is 0 Å². The van der Waals surface area contributed by atoms with Gasteiger partial charge in [0.25, 0.3) is 0 Å². The molecule has 2 heteroatoms. The van der Waals surface area contributed by atoms with Gasteiger partial charge in [-0.25, -0.2) is 0 Å². The molecule has 0 amide bonds. The zero-order valence-corrected chi connectivity index (χ0v) is 12.4. The highest BCUT2D eigenvalue weighted by Gasteiger charge is 2.19. The second-order valence-electron chi connectivity index (χ2n) is 6.12. The van der Waals surface area contributed by atoms with Crippen LogP contribution in [-0.4, -0.2) is 4.98 Å². The molecule has 1 aliphatic carbocycles. The van der Waals surface area contributed by atoms with Crippen molar-refractivity contribution in [1.82, 2.24) is 4.98 Å². The number of pyridine rings is 1. The summed E-state index contributed by atoms with van der Waals surface area (Å²) in [5.74, 6) is 1.62. The fourth-order valence-electron chi connectivity index (χ4n) is 3.15. The molecule has 2 nitrogen and oxygen atoms in total. The second-order valence-corrected chi connectivity index (χ2v) is 6.12. The van der Waals surface area contributed by atoms with Crippen molar-refractivity contribution in [1.29, 1.82) is 5.26 Å². The monoisotopic (exact) mass is 276 g/mol. The summed E-state index contributed by atoms with van der Waals surface area (Å²) in [6, 6.07) is 14.6. The van der Waals surface area contributed by atoms with Crippen molar-refractivity contribution in [3.05, 3.63) is 53.7 Å². The molecule has 1 fully saturated rings. The van der Waals surface area contributed by atoms with Crippen LogP contribution in [0.1, 0.15) is 49.7 Å². The fraction of sp³-hybridized carbons (Fsp3) is 0.368. The molecule has 0 unspecified atom stereocenters. The average molecular weight is 276 g/mol. The summed E-state index contributed by atoms with van der Waals surface area (Å²) < 4.78 is 0. The summed E-state index contributed by atoms with van der Waals surface area (Å²) in [5.41, 5.74) is 4.11. The number of nitriles is 1. The first-order valence-electron chi connectivity index (χ1n) is 7.73. The van der Waals surface area contributed by atoms with Gasteiger partial charge >= 0.3 is 0 Å². The number of benzene rings is 1. The predicted molar refractivity (Wildman–Crippen MR) is 84.8 cm³/mol. The zero-order chi connectivity index (χ0) is 14.7. The highest BCUT2D eigenvalue weighted by atomic mass is 14.7. The van der Waals surface area contributed by atoms with Crippen LogP contribution < -0.4 is 0 Å². The predicted octanol–water partition coefficient (Wildman–Crippen LogP) is 4.91. The van der Waals surface area contributed by atoms with E-state index in [4.69, 9.17) is 5.26 Å². The van der Waals surface area contributed by atoms with E-state index < -0.39 is 0 Å². The van der Waals surface area contributed by atoms with Gasteiger partial charge in [-0.3, -0.25) is 4.98 Å². The number of hydrogen-bond donors (Lipinski definition) is 0. The Labute approximate surface area is 126 Å². The van der Waals surface area contributed by atoms with E-state index in [1.165, 1.54) is 31.2 Å². The van der Waals surface area contributed by atoms with Crippen molar-refractivity contribution in [2.24, 2.45) is 5.92 Å². The molecular weight excluding hydrogens is 256 g/mol. The average Bonchev–Trinajstić information content (AvgIpc) is 2.56. The topological polar surface area (TPSA) is 36.7 Å². The molecule has 0 bridgehead atoms. The van der Waals surface area contributed by atoms with E-state index in [1.54, 1.807) is 6.20 Å². The summed E-state index contributed by atoms with van der Waals surface area (Å²) >= 11 is 0. The van der Waals surface area contributed by atoms with Crippen LogP contribution in [0.3, 0.4) is 0 Å². The minimum absolute atomic E-state index is 0.603. The van der Waals surface area contributed by atoms with E-state index in [0.717, 1.165) is 23.1 Å². The largest absolute Gasteiger partial charge is 0.255 e. The molecule has 106 valence electrons. The molecule has 0 saturated heterocycles. The quantitative estimate of drug-likeness (QED) is 0.781. The molecule has 0 atom stereocenters. The third-order valence-electron chi connectivity index (χ3n) is 4.59. The van der Waals surface area contributed by atoms with E-state index in [0.29, 0.717) is 5.56 Å². The Morgan fingerprint density at radius 2 is 1.71 bits per heavy atom. The van der Waals surface area contributed by atoms with Gasteiger partial charge in [0.1, 0.15) is 6.07 Å². The highest BCUT2D eigenvalue weighted by molar-refractivity contribution is 5.60. The van der Waals surface area contributed by atoms with Crippen LogP contribution in [0.2, 0.25) is 0 Å². The summed E-state index contributed by atoms with van der Waals surface area (Å²) in [6.07, 6.45) is 6.96. The van der Waals surface area contributed by atoms with Crippen LogP contribution in [0.4, 0.5) is 0 Å². The summed E-state index contributed by atoms with van der Waals surface area (Å²) in [6.45, 7) is 2.36. The Morgan fingerprint density at radius 1 is 1.00 bits per heavy atom. The van der Waals surface area contributed by atoms with Crippen molar-refractivity contribution in [3.8, 4) is 17.3 Å². The number of hydrogen-bond acceptors (Lipinski definition) is 2. The number of nitrogens with zero attached hydrogens (tertiary/aromatic N) is 2. The van der Waals surface area contributed by atoms with Crippen LogP contribution >= 0.6 is 0 Å². The molecule has 1 aliphatic rings. The first kappa shape index (κ1) is 13.8. The normalized spacial score (nSPS) is 21.7. The first-order chi connectivity index (χ1) is 10.3. The fourth-order valence-corrected chi connectivity index (χ4v) is 3.15. The van der Waals surface area contributed by atoms with E-state index >= 15 is 0 Å². The molecule has 3 rings (SSSR count). The molecule has 0 N–H and O–H groups in total. The molecule has 21 heavy (non-hydrogen) atoms. The number of rotatable bonds is 2. The maximum Gasteiger partial charge on any atom is 0.101 e. The highest BCUT2D eigenvalue weighted by Crippen LogP contribution is 2.35. The lowest BCUT2D eigenvalue weighted by Gasteiger charge is -2.26. The lowest BCUT2D eigenvalue weighted by molar-refractivity contribution is 0.348. The molecule has 0 radical (unpaired) electrons. The van der Waals surface area contributed by atoms with Gasteiger partial charge < -0.3 is 0 Å². The van der Waals surface area contributed by atoms with Crippen molar-refractivity contribution < 1.29 is 0 Å². The Hall–Kier alpha value is -2.14. The van der Waals surface area contributed by atoms with Crippen LogP contribution in [0.25, 0.3) is 11.3 Å². The third kappa shape index (κ3) is 3.13. The van der Waals surface area contributed by atoms with Gasteiger partial charge in [-0.2, -0.15) is 5.26 Å². The summed E-state index contributed by atoms with van der Waals surface area (Å²) in [5, 5.41) is 8.81. The van der Waals surface area contributed by atoms with Gasteiger partial charge in [0, 0.05) is 11.8 Å². The standard InChI is InChI=1S/C19H20N2/c1-14-2-5-16(6-3-14)17-7-9-18(10-8-17)19-11-4-15(12-20)13-21-19/h4,7-11,13-14,16H,2-3,5-6H2,1H3. The molecule has 1 saturated carbocycles. The maximum atomic E-state index is 8.81.